The second-order valence-electron chi connectivity index (χ2n) is 5.94. The molecule has 2 aliphatic rings. The zero-order valence-corrected chi connectivity index (χ0v) is 11.7. The van der Waals surface area contributed by atoms with E-state index in [1.54, 1.807) is 0 Å². The highest BCUT2D eigenvalue weighted by Crippen LogP contribution is 2.35. The summed E-state index contributed by atoms with van der Waals surface area (Å²) in [5.41, 5.74) is 5.57. The molecule has 2 rings (SSSR count). The summed E-state index contributed by atoms with van der Waals surface area (Å²) in [5, 5.41) is 0. The van der Waals surface area contributed by atoms with Crippen molar-refractivity contribution in [2.45, 2.75) is 58.0 Å². The summed E-state index contributed by atoms with van der Waals surface area (Å²) in [7, 11) is 0. The van der Waals surface area contributed by atoms with E-state index in [2.05, 4.69) is 18.7 Å². The maximum atomic E-state index is 12.9. The smallest absolute Gasteiger partial charge is 0.230 e. The zero-order chi connectivity index (χ0) is 13.2. The first kappa shape index (κ1) is 13.8. The summed E-state index contributed by atoms with van der Waals surface area (Å²) in [6.07, 6.45) is 5.02. The minimum Gasteiger partial charge on any atom is -0.381 e. The molecule has 2 N–H and O–H groups in total. The lowest BCUT2D eigenvalue weighted by molar-refractivity contribution is -0.153. The maximum absolute atomic E-state index is 12.9. The number of carbonyl (C=O) groups is 1. The summed E-state index contributed by atoms with van der Waals surface area (Å²) < 4.78 is 5.39. The molecule has 104 valence electrons. The van der Waals surface area contributed by atoms with Gasteiger partial charge in [-0.2, -0.15) is 0 Å². The van der Waals surface area contributed by atoms with Crippen molar-refractivity contribution in [3.05, 3.63) is 0 Å². The lowest BCUT2D eigenvalue weighted by Gasteiger charge is -2.46. The number of carbonyl (C=O) groups excluding carboxylic acids is 1. The molecular formula is C14H26N2O2. The van der Waals surface area contributed by atoms with Crippen molar-refractivity contribution in [2.75, 3.05) is 19.8 Å². The molecule has 2 atom stereocenters. The van der Waals surface area contributed by atoms with Crippen LogP contribution in [0.25, 0.3) is 0 Å². The van der Waals surface area contributed by atoms with Gasteiger partial charge in [0, 0.05) is 31.8 Å². The van der Waals surface area contributed by atoms with E-state index in [0.29, 0.717) is 31.8 Å². The first-order chi connectivity index (χ1) is 8.60. The summed E-state index contributed by atoms with van der Waals surface area (Å²) in [4.78, 5) is 15.0. The molecule has 18 heavy (non-hydrogen) atoms. The normalized spacial score (nSPS) is 32.3. The van der Waals surface area contributed by atoms with E-state index >= 15 is 0 Å². The topological polar surface area (TPSA) is 55.6 Å². The molecule has 2 unspecified atom stereocenters. The molecular weight excluding hydrogens is 228 g/mol. The molecule has 1 amide bonds. The number of rotatable bonds is 2. The first-order valence-electron chi connectivity index (χ1n) is 7.21. The standard InChI is InChI=1S/C14H26N2O2/c1-11-4-3-5-12(2)16(11)13(17)14(10-15)6-8-18-9-7-14/h11-12H,3-10,15H2,1-2H3. The second-order valence-corrected chi connectivity index (χ2v) is 5.94. The highest BCUT2D eigenvalue weighted by molar-refractivity contribution is 5.83. The third-order valence-corrected chi connectivity index (χ3v) is 4.72. The van der Waals surface area contributed by atoms with Crippen LogP contribution < -0.4 is 5.73 Å². The van der Waals surface area contributed by atoms with Gasteiger partial charge in [0.05, 0.1) is 5.41 Å². The van der Waals surface area contributed by atoms with Crippen LogP contribution in [0.15, 0.2) is 0 Å². The van der Waals surface area contributed by atoms with Gasteiger partial charge in [0.25, 0.3) is 0 Å². The summed E-state index contributed by atoms with van der Waals surface area (Å²) in [5.74, 6) is 0.271. The fraction of sp³-hybridized carbons (Fsp3) is 0.929. The van der Waals surface area contributed by atoms with Crippen molar-refractivity contribution in [1.29, 1.82) is 0 Å². The van der Waals surface area contributed by atoms with Crippen molar-refractivity contribution in [3.8, 4) is 0 Å². The van der Waals surface area contributed by atoms with Crippen molar-refractivity contribution < 1.29 is 9.53 Å². The Kier molecular flexibility index (Phi) is 4.28. The van der Waals surface area contributed by atoms with E-state index in [9.17, 15) is 4.79 Å². The van der Waals surface area contributed by atoms with Gasteiger partial charge in [0.1, 0.15) is 0 Å². The van der Waals surface area contributed by atoms with Crippen molar-refractivity contribution in [1.82, 2.24) is 4.90 Å². The van der Waals surface area contributed by atoms with Gasteiger partial charge in [-0.25, -0.2) is 0 Å². The van der Waals surface area contributed by atoms with Crippen molar-refractivity contribution >= 4 is 5.91 Å². The van der Waals surface area contributed by atoms with Crippen LogP contribution in [0, 0.1) is 5.41 Å². The third kappa shape index (κ3) is 2.41. The van der Waals surface area contributed by atoms with Crippen LogP contribution >= 0.6 is 0 Å². The number of ether oxygens (including phenoxy) is 1. The number of nitrogens with two attached hydrogens (primary N) is 1. The molecule has 0 saturated carbocycles. The monoisotopic (exact) mass is 254 g/mol. The van der Waals surface area contributed by atoms with Crippen molar-refractivity contribution in [3.63, 3.8) is 0 Å². The van der Waals surface area contributed by atoms with Gasteiger partial charge in [-0.05, 0) is 46.0 Å². The molecule has 4 heteroatoms. The average Bonchev–Trinajstić information content (AvgIpc) is 2.39. The molecule has 2 heterocycles. The van der Waals surface area contributed by atoms with Crippen LogP contribution in [0.3, 0.4) is 0 Å². The second kappa shape index (κ2) is 5.57. The number of hydrogen-bond acceptors (Lipinski definition) is 3. The average molecular weight is 254 g/mol. The SMILES string of the molecule is CC1CCCC(C)N1C(=O)C1(CN)CCOCC1. The minimum atomic E-state index is -0.363. The molecule has 2 saturated heterocycles. The number of nitrogens with zero attached hydrogens (tertiary/aromatic N) is 1. The zero-order valence-electron chi connectivity index (χ0n) is 11.7. The van der Waals surface area contributed by atoms with Gasteiger partial charge in [0.2, 0.25) is 5.91 Å². The number of amides is 1. The van der Waals surface area contributed by atoms with Crippen LogP contribution in [0.2, 0.25) is 0 Å². The Balaban J connectivity index is 2.16. The highest BCUT2D eigenvalue weighted by atomic mass is 16.5. The van der Waals surface area contributed by atoms with Crippen LogP contribution in [-0.2, 0) is 9.53 Å². The number of hydrogen-bond donors (Lipinski definition) is 1. The van der Waals surface area contributed by atoms with Crippen LogP contribution in [-0.4, -0.2) is 42.6 Å². The Morgan fingerprint density at radius 1 is 1.28 bits per heavy atom. The molecule has 0 aliphatic carbocycles. The molecule has 0 radical (unpaired) electrons. The highest BCUT2D eigenvalue weighted by Gasteiger charge is 2.44. The van der Waals surface area contributed by atoms with E-state index in [0.717, 1.165) is 25.7 Å². The summed E-state index contributed by atoms with van der Waals surface area (Å²) >= 11 is 0. The van der Waals surface area contributed by atoms with Gasteiger partial charge in [-0.3, -0.25) is 4.79 Å². The largest absolute Gasteiger partial charge is 0.381 e. The molecule has 4 nitrogen and oxygen atoms in total. The fourth-order valence-corrected chi connectivity index (χ4v) is 3.36. The van der Waals surface area contributed by atoms with E-state index in [-0.39, 0.29) is 11.3 Å². The van der Waals surface area contributed by atoms with Gasteiger partial charge in [-0.15, -0.1) is 0 Å². The molecule has 0 aromatic heterocycles. The van der Waals surface area contributed by atoms with E-state index < -0.39 is 0 Å². The van der Waals surface area contributed by atoms with Crippen LogP contribution in [0.4, 0.5) is 0 Å². The Labute approximate surface area is 110 Å². The van der Waals surface area contributed by atoms with E-state index in [1.807, 2.05) is 0 Å². The molecule has 2 aliphatic heterocycles. The Hall–Kier alpha value is -0.610. The Bertz CT molecular complexity index is 290. The van der Waals surface area contributed by atoms with Gasteiger partial charge < -0.3 is 15.4 Å². The quantitative estimate of drug-likeness (QED) is 0.813. The third-order valence-electron chi connectivity index (χ3n) is 4.72. The molecule has 2 fully saturated rings. The molecule has 0 bridgehead atoms. The first-order valence-corrected chi connectivity index (χ1v) is 7.21. The van der Waals surface area contributed by atoms with Gasteiger partial charge in [0.15, 0.2) is 0 Å². The molecule has 0 spiro atoms. The van der Waals surface area contributed by atoms with Crippen molar-refractivity contribution in [2.24, 2.45) is 11.1 Å². The lowest BCUT2D eigenvalue weighted by atomic mass is 9.77. The Morgan fingerprint density at radius 2 is 1.83 bits per heavy atom. The number of piperidine rings is 1. The molecule has 0 aromatic rings. The number of likely N-dealkylation sites (tertiary alicyclic amines) is 1. The predicted octanol–water partition coefficient (Wildman–Crippen LogP) is 1.53. The van der Waals surface area contributed by atoms with Crippen LogP contribution in [0.5, 0.6) is 0 Å². The fourth-order valence-electron chi connectivity index (χ4n) is 3.36. The van der Waals surface area contributed by atoms with E-state index in [1.165, 1.54) is 6.42 Å². The van der Waals surface area contributed by atoms with Gasteiger partial charge in [-0.1, -0.05) is 0 Å². The molecule has 0 aromatic carbocycles. The predicted molar refractivity (Wildman–Crippen MR) is 71.2 cm³/mol. The van der Waals surface area contributed by atoms with E-state index in [4.69, 9.17) is 10.5 Å². The summed E-state index contributed by atoms with van der Waals surface area (Å²) in [6, 6.07) is 0.708. The minimum absolute atomic E-state index is 0.271. The Morgan fingerprint density at radius 3 is 2.33 bits per heavy atom. The van der Waals surface area contributed by atoms with Crippen LogP contribution in [0.1, 0.15) is 46.0 Å². The maximum Gasteiger partial charge on any atom is 0.230 e. The lowest BCUT2D eigenvalue weighted by Crippen LogP contribution is -2.57. The van der Waals surface area contributed by atoms with Gasteiger partial charge >= 0.3 is 0 Å². The summed E-state index contributed by atoms with van der Waals surface area (Å²) in [6.45, 7) is 6.11.